The molecule has 82 heavy (non-hydrogen) atoms. The zero-order valence-corrected chi connectivity index (χ0v) is 53.6. The van der Waals surface area contributed by atoms with Gasteiger partial charge in [0.1, 0.15) is 23.3 Å². The van der Waals surface area contributed by atoms with Gasteiger partial charge in [-0.05, 0) is 201 Å². The molecule has 0 spiro atoms. The lowest BCUT2D eigenvalue weighted by Gasteiger charge is -2.32. The van der Waals surface area contributed by atoms with Gasteiger partial charge in [-0.3, -0.25) is 0 Å². The Morgan fingerprint density at radius 1 is 0.659 bits per heavy atom. The standard InChI is InChI=1S/C27H39N5O2.C20H28BF3N2O3.C13H20IN3O.H2S/c1-6-20-9-10-32(18-20)26(33)28-22-8-7-19(2)23(17-22)21-15-24(30-27(3,4)5)29-25(16-21)31-11-13-34-14-12-31;1-13-6-7-15(10-16(13)21-28-18(2,3)19(4,5)29-21)25-17(27)26-9-8-14(12-26)11-20(22,23)24;1-13(2,3)16-11-8-10(14)9-12(15-11)17-4-6-18-7-5-17;/h7-8,15-17,20H,6,9-14,18H2,1-5H3,(H,28,33)(H,29,30);6-7,10,14H,8-9,11-12H2,1-5H3,(H,25,27);8-9H,4-7H2,1-3H3,(H,15,16);1H2/t20-;14-;;/m10../s1. The maximum Gasteiger partial charge on any atom is 0.495 e. The van der Waals surface area contributed by atoms with Crippen molar-refractivity contribution in [2.45, 2.75) is 144 Å². The number of carbonyl (C=O) groups excluding carboxylic acids is 2. The van der Waals surface area contributed by atoms with Crippen molar-refractivity contribution in [3.05, 3.63) is 75.4 Å². The molecule has 5 saturated heterocycles. The van der Waals surface area contributed by atoms with Crippen LogP contribution in [0.5, 0.6) is 0 Å². The predicted molar refractivity (Wildman–Crippen MR) is 340 cm³/mol. The fourth-order valence-electron chi connectivity index (χ4n) is 10.2. The van der Waals surface area contributed by atoms with Crippen LogP contribution >= 0.6 is 36.1 Å². The Hall–Kier alpha value is -4.75. The highest BCUT2D eigenvalue weighted by atomic mass is 127. The number of hydrogen-bond donors (Lipinski definition) is 4. The summed E-state index contributed by atoms with van der Waals surface area (Å²) in [7, 11) is -0.556. The molecule has 4 amide bonds. The van der Waals surface area contributed by atoms with Gasteiger partial charge in [0.25, 0.3) is 0 Å². The summed E-state index contributed by atoms with van der Waals surface area (Å²) in [4.78, 5) is 42.9. The number of urea groups is 2. The van der Waals surface area contributed by atoms with Crippen LogP contribution in [0, 0.1) is 29.3 Å². The molecule has 5 aliphatic rings. The third-order valence-electron chi connectivity index (χ3n) is 15.3. The zero-order valence-electron chi connectivity index (χ0n) is 50.5. The second kappa shape index (κ2) is 28.0. The summed E-state index contributed by atoms with van der Waals surface area (Å²) >= 11 is 2.34. The molecule has 452 valence electrons. The average molecular weight is 1270 g/mol. The molecule has 0 bridgehead atoms. The van der Waals surface area contributed by atoms with E-state index in [9.17, 15) is 22.8 Å². The molecule has 7 heterocycles. The summed E-state index contributed by atoms with van der Waals surface area (Å²) in [5.41, 5.74) is 5.47. The number of pyridine rings is 2. The minimum absolute atomic E-state index is 0. The Kier molecular flexibility index (Phi) is 22.6. The summed E-state index contributed by atoms with van der Waals surface area (Å²) in [6.07, 6.45) is -2.48. The van der Waals surface area contributed by atoms with Gasteiger partial charge in [0.2, 0.25) is 0 Å². The van der Waals surface area contributed by atoms with Crippen LogP contribution < -0.4 is 36.5 Å². The van der Waals surface area contributed by atoms with E-state index in [1.165, 1.54) is 8.47 Å². The first-order valence-corrected chi connectivity index (χ1v) is 29.7. The normalized spacial score (nSPS) is 19.8. The summed E-state index contributed by atoms with van der Waals surface area (Å²) in [6.45, 7) is 35.6. The van der Waals surface area contributed by atoms with E-state index in [0.29, 0.717) is 37.8 Å². The largest absolute Gasteiger partial charge is 0.495 e. The van der Waals surface area contributed by atoms with Crippen molar-refractivity contribution < 1.29 is 41.5 Å². The maximum atomic E-state index is 12.9. The topological polar surface area (TPSA) is 158 Å². The minimum atomic E-state index is -4.20. The Morgan fingerprint density at radius 2 is 1.12 bits per heavy atom. The van der Waals surface area contributed by atoms with Crippen molar-refractivity contribution in [2.75, 3.05) is 110 Å². The SMILES string of the molecule is CC(C)(C)Nc1cc(I)cc(N2CCOCC2)n1.CC[C@@H]1CCN(C(=O)Nc2ccc(C)c(-c3cc(NC(C)(C)C)nc(N4CCOCC4)c3)c2)C1.Cc1ccc(NC(=O)N2CC[C@@H](CC(F)(F)F)C2)cc1B1OC(C)(C)C(C)(C)O1.S. The maximum absolute atomic E-state index is 12.9. The average Bonchev–Trinajstić information content (AvgIpc) is 4.12. The van der Waals surface area contributed by atoms with Gasteiger partial charge in [-0.1, -0.05) is 31.0 Å². The van der Waals surface area contributed by atoms with Crippen molar-refractivity contribution in [3.63, 3.8) is 0 Å². The van der Waals surface area contributed by atoms with E-state index >= 15 is 0 Å². The molecule has 16 nitrogen and oxygen atoms in total. The smallest absolute Gasteiger partial charge is 0.399 e. The van der Waals surface area contributed by atoms with Gasteiger partial charge in [-0.25, -0.2) is 19.6 Å². The molecule has 4 N–H and O–H groups in total. The van der Waals surface area contributed by atoms with E-state index < -0.39 is 42.9 Å². The number of ether oxygens (including phenoxy) is 2. The molecule has 0 radical (unpaired) electrons. The van der Waals surface area contributed by atoms with E-state index in [4.69, 9.17) is 28.8 Å². The summed E-state index contributed by atoms with van der Waals surface area (Å²) < 4.78 is 62.1. The second-order valence-corrected chi connectivity index (χ2v) is 26.3. The van der Waals surface area contributed by atoms with Gasteiger partial charge >= 0.3 is 25.4 Å². The van der Waals surface area contributed by atoms with E-state index in [1.54, 1.807) is 12.1 Å². The van der Waals surface area contributed by atoms with Gasteiger partial charge < -0.3 is 59.6 Å². The van der Waals surface area contributed by atoms with Crippen molar-refractivity contribution in [1.29, 1.82) is 0 Å². The van der Waals surface area contributed by atoms with E-state index in [2.05, 4.69) is 145 Å². The molecule has 5 aliphatic heterocycles. The number of aromatic nitrogens is 2. The number of alkyl halides is 3. The number of rotatable bonds is 10. The number of anilines is 6. The molecule has 9 rings (SSSR count). The lowest BCUT2D eigenvalue weighted by Crippen LogP contribution is -2.41. The van der Waals surface area contributed by atoms with Crippen LogP contribution in [0.3, 0.4) is 0 Å². The van der Waals surface area contributed by atoms with Crippen LogP contribution in [0.25, 0.3) is 11.1 Å². The van der Waals surface area contributed by atoms with Crippen LogP contribution in [0.1, 0.15) is 113 Å². The fraction of sp³-hybridized carbons (Fsp3) is 0.600. The van der Waals surface area contributed by atoms with Crippen LogP contribution in [0.2, 0.25) is 0 Å². The Bertz CT molecular complexity index is 2770. The Morgan fingerprint density at radius 3 is 1.61 bits per heavy atom. The van der Waals surface area contributed by atoms with Gasteiger partial charge in [-0.2, -0.15) is 26.7 Å². The number of hydrogen-bond acceptors (Lipinski definition) is 12. The van der Waals surface area contributed by atoms with Gasteiger partial charge in [0.15, 0.2) is 0 Å². The molecule has 22 heteroatoms. The molecular formula is C60H89BF3IN10O6S. The van der Waals surface area contributed by atoms with Crippen LogP contribution in [-0.2, 0) is 18.8 Å². The Balaban J connectivity index is 0.000000205. The minimum Gasteiger partial charge on any atom is -0.399 e. The summed E-state index contributed by atoms with van der Waals surface area (Å²) in [5.74, 6) is 3.85. The first-order valence-electron chi connectivity index (χ1n) is 28.6. The van der Waals surface area contributed by atoms with E-state index in [0.717, 1.165) is 122 Å². The van der Waals surface area contributed by atoms with E-state index in [-0.39, 0.29) is 37.1 Å². The van der Waals surface area contributed by atoms with Crippen molar-refractivity contribution >= 4 is 95.4 Å². The molecule has 0 unspecified atom stereocenters. The van der Waals surface area contributed by atoms with E-state index in [1.807, 2.05) is 51.7 Å². The lowest BCUT2D eigenvalue weighted by atomic mass is 9.76. The van der Waals surface area contributed by atoms with Crippen molar-refractivity contribution in [3.8, 4) is 11.1 Å². The number of nitrogens with one attached hydrogen (secondary N) is 4. The number of halogens is 4. The van der Waals surface area contributed by atoms with Crippen LogP contribution in [-0.4, -0.2) is 146 Å². The fourth-order valence-corrected chi connectivity index (χ4v) is 10.8. The number of likely N-dealkylation sites (tertiary alicyclic amines) is 2. The van der Waals surface area contributed by atoms with Crippen molar-refractivity contribution in [2.24, 2.45) is 11.8 Å². The van der Waals surface area contributed by atoms with Crippen LogP contribution in [0.4, 0.5) is 57.4 Å². The quantitative estimate of drug-likeness (QED) is 0.0881. The highest BCUT2D eigenvalue weighted by molar-refractivity contribution is 14.1. The molecule has 2 aromatic heterocycles. The number of morpholine rings is 2. The molecular weight excluding hydrogens is 1180 g/mol. The molecule has 5 fully saturated rings. The third-order valence-corrected chi connectivity index (χ3v) is 16.0. The summed E-state index contributed by atoms with van der Waals surface area (Å²) in [5, 5.41) is 12.9. The Labute approximate surface area is 506 Å². The van der Waals surface area contributed by atoms with Gasteiger partial charge in [-0.15, -0.1) is 0 Å². The molecule has 0 aliphatic carbocycles. The second-order valence-electron chi connectivity index (χ2n) is 25.1. The number of aryl methyl sites for hydroxylation is 2. The monoisotopic (exact) mass is 1270 g/mol. The number of nitrogens with zero attached hydrogens (tertiary/aromatic N) is 6. The third kappa shape index (κ3) is 19.1. The number of carbonyl (C=O) groups is 2. The highest BCUT2D eigenvalue weighted by Gasteiger charge is 2.52. The first-order chi connectivity index (χ1) is 37.9. The van der Waals surface area contributed by atoms with Crippen LogP contribution in [0.15, 0.2) is 60.7 Å². The van der Waals surface area contributed by atoms with Gasteiger partial charge in [0, 0.05) is 84.8 Å². The molecule has 0 saturated carbocycles. The zero-order chi connectivity index (χ0) is 59.1. The lowest BCUT2D eigenvalue weighted by molar-refractivity contribution is -0.143. The van der Waals surface area contributed by atoms with Crippen molar-refractivity contribution in [1.82, 2.24) is 19.8 Å². The highest BCUT2D eigenvalue weighted by Crippen LogP contribution is 2.38. The molecule has 2 atom stereocenters. The number of benzene rings is 2. The first kappa shape index (κ1) is 66.4. The molecule has 2 aromatic carbocycles. The van der Waals surface area contributed by atoms with Gasteiger partial charge in [0.05, 0.1) is 37.6 Å². The number of amides is 4. The predicted octanol–water partition coefficient (Wildman–Crippen LogP) is 12.3. The molecule has 4 aromatic rings. The summed E-state index contributed by atoms with van der Waals surface area (Å²) in [6, 6.07) is 19.7.